The lowest BCUT2D eigenvalue weighted by molar-refractivity contribution is -0.154. The van der Waals surface area contributed by atoms with Crippen LogP contribution in [0.5, 0.6) is 0 Å². The maximum Gasteiger partial charge on any atom is 0.322 e. The number of ether oxygens (including phenoxy) is 2. The molecule has 0 aromatic heterocycles. The Morgan fingerprint density at radius 3 is 2.67 bits per heavy atom. The second kappa shape index (κ2) is 4.42. The van der Waals surface area contributed by atoms with Crippen LogP contribution in [0.4, 0.5) is 0 Å². The lowest BCUT2D eigenvalue weighted by Gasteiger charge is -2.22. The molecule has 1 fully saturated rings. The van der Waals surface area contributed by atoms with Crippen LogP contribution in [0.15, 0.2) is 0 Å². The van der Waals surface area contributed by atoms with E-state index in [-0.39, 0.29) is 12.1 Å². The third kappa shape index (κ3) is 2.79. The van der Waals surface area contributed by atoms with Crippen LogP contribution in [0, 0.1) is 0 Å². The van der Waals surface area contributed by atoms with Crippen molar-refractivity contribution in [1.29, 1.82) is 0 Å². The average Bonchev–Trinajstić information content (AvgIpc) is 2.06. The van der Waals surface area contributed by atoms with E-state index in [2.05, 4.69) is 0 Å². The first-order chi connectivity index (χ1) is 5.70. The Bertz CT molecular complexity index is 152. The second-order valence-corrected chi connectivity index (χ2v) is 3.04. The first-order valence-corrected chi connectivity index (χ1v) is 4.24. The van der Waals surface area contributed by atoms with Gasteiger partial charge >= 0.3 is 5.97 Å². The zero-order valence-corrected chi connectivity index (χ0v) is 7.29. The zero-order valence-electron chi connectivity index (χ0n) is 7.29. The fraction of sp³-hybridized carbons (Fsp3) is 0.875. The molecule has 2 N–H and O–H groups in total. The van der Waals surface area contributed by atoms with E-state index in [0.717, 1.165) is 12.8 Å². The maximum atomic E-state index is 11.0. The minimum atomic E-state index is -0.521. The largest absolute Gasteiger partial charge is 0.461 e. The fourth-order valence-electron chi connectivity index (χ4n) is 1.07. The van der Waals surface area contributed by atoms with Crippen molar-refractivity contribution < 1.29 is 14.3 Å². The van der Waals surface area contributed by atoms with Crippen molar-refractivity contribution in [2.45, 2.75) is 31.9 Å². The van der Waals surface area contributed by atoms with Gasteiger partial charge in [0, 0.05) is 12.8 Å². The molecular weight excluding hydrogens is 158 g/mol. The average molecular weight is 173 g/mol. The molecule has 4 nitrogen and oxygen atoms in total. The molecule has 0 unspecified atom stereocenters. The molecule has 0 amide bonds. The Morgan fingerprint density at radius 1 is 1.58 bits per heavy atom. The van der Waals surface area contributed by atoms with Crippen LogP contribution >= 0.6 is 0 Å². The lowest BCUT2D eigenvalue weighted by atomic mass is 10.1. The number of carbonyl (C=O) groups is 1. The number of rotatable bonds is 2. The molecular formula is C8H15NO3. The van der Waals surface area contributed by atoms with E-state index in [0.29, 0.717) is 13.2 Å². The molecule has 0 saturated carbocycles. The molecule has 1 atom stereocenters. The van der Waals surface area contributed by atoms with E-state index in [1.165, 1.54) is 0 Å². The van der Waals surface area contributed by atoms with Crippen molar-refractivity contribution in [2.24, 2.45) is 5.73 Å². The van der Waals surface area contributed by atoms with Gasteiger partial charge in [-0.15, -0.1) is 0 Å². The molecule has 1 aliphatic heterocycles. The highest BCUT2D eigenvalue weighted by molar-refractivity contribution is 5.75. The SMILES string of the molecule is C[C@@H](N)C(=O)OC1CCOCC1. The lowest BCUT2D eigenvalue weighted by Crippen LogP contribution is -2.34. The summed E-state index contributed by atoms with van der Waals surface area (Å²) in [6.07, 6.45) is 1.59. The number of hydrogen-bond donors (Lipinski definition) is 1. The van der Waals surface area contributed by atoms with Gasteiger partial charge in [0.25, 0.3) is 0 Å². The van der Waals surface area contributed by atoms with Crippen LogP contribution in [-0.2, 0) is 14.3 Å². The molecule has 0 aliphatic carbocycles. The van der Waals surface area contributed by atoms with Crippen LogP contribution in [0.25, 0.3) is 0 Å². The van der Waals surface area contributed by atoms with Gasteiger partial charge in [0.1, 0.15) is 12.1 Å². The van der Waals surface area contributed by atoms with Crippen molar-refractivity contribution in [3.05, 3.63) is 0 Å². The molecule has 1 heterocycles. The molecule has 1 rings (SSSR count). The van der Waals surface area contributed by atoms with Gasteiger partial charge in [-0.1, -0.05) is 0 Å². The normalized spacial score (nSPS) is 21.8. The van der Waals surface area contributed by atoms with E-state index in [1.54, 1.807) is 6.92 Å². The van der Waals surface area contributed by atoms with Gasteiger partial charge in [0.2, 0.25) is 0 Å². The Hall–Kier alpha value is -0.610. The summed E-state index contributed by atoms with van der Waals surface area (Å²) in [5.74, 6) is -0.318. The summed E-state index contributed by atoms with van der Waals surface area (Å²) < 4.78 is 10.2. The predicted octanol–water partition coefficient (Wildman–Crippen LogP) is 0.0558. The number of carbonyl (C=O) groups excluding carboxylic acids is 1. The van der Waals surface area contributed by atoms with Crippen LogP contribution in [0.3, 0.4) is 0 Å². The van der Waals surface area contributed by atoms with Gasteiger partial charge in [-0.2, -0.15) is 0 Å². The van der Waals surface area contributed by atoms with Gasteiger partial charge in [-0.25, -0.2) is 0 Å². The highest BCUT2D eigenvalue weighted by atomic mass is 16.6. The fourth-order valence-corrected chi connectivity index (χ4v) is 1.07. The van der Waals surface area contributed by atoms with Gasteiger partial charge in [-0.3, -0.25) is 4.79 Å². The molecule has 0 radical (unpaired) electrons. The van der Waals surface area contributed by atoms with E-state index < -0.39 is 6.04 Å². The molecule has 0 bridgehead atoms. The van der Waals surface area contributed by atoms with E-state index in [4.69, 9.17) is 15.2 Å². The summed E-state index contributed by atoms with van der Waals surface area (Å²) in [4.78, 5) is 11.0. The molecule has 0 spiro atoms. The first kappa shape index (κ1) is 9.48. The van der Waals surface area contributed by atoms with Crippen molar-refractivity contribution in [3.8, 4) is 0 Å². The summed E-state index contributed by atoms with van der Waals surface area (Å²) >= 11 is 0. The van der Waals surface area contributed by atoms with Gasteiger partial charge < -0.3 is 15.2 Å². The number of nitrogens with two attached hydrogens (primary N) is 1. The molecule has 0 aromatic rings. The van der Waals surface area contributed by atoms with Gasteiger partial charge in [0.15, 0.2) is 0 Å². The third-order valence-electron chi connectivity index (χ3n) is 1.82. The smallest absolute Gasteiger partial charge is 0.322 e. The highest BCUT2D eigenvalue weighted by Crippen LogP contribution is 2.10. The molecule has 0 aromatic carbocycles. The quantitative estimate of drug-likeness (QED) is 0.600. The van der Waals surface area contributed by atoms with E-state index in [1.807, 2.05) is 0 Å². The molecule has 1 saturated heterocycles. The van der Waals surface area contributed by atoms with Crippen molar-refractivity contribution in [2.75, 3.05) is 13.2 Å². The molecule has 1 aliphatic rings. The maximum absolute atomic E-state index is 11.0. The summed E-state index contributed by atoms with van der Waals surface area (Å²) in [6.45, 7) is 2.98. The number of esters is 1. The first-order valence-electron chi connectivity index (χ1n) is 4.24. The summed E-state index contributed by atoms with van der Waals surface area (Å²) in [6, 6.07) is -0.521. The van der Waals surface area contributed by atoms with E-state index in [9.17, 15) is 4.79 Å². The minimum absolute atomic E-state index is 0.0113. The Labute approximate surface area is 72.0 Å². The monoisotopic (exact) mass is 173 g/mol. The predicted molar refractivity (Wildman–Crippen MR) is 43.6 cm³/mol. The van der Waals surface area contributed by atoms with Gasteiger partial charge in [0.05, 0.1) is 13.2 Å². The molecule has 4 heteroatoms. The third-order valence-corrected chi connectivity index (χ3v) is 1.82. The zero-order chi connectivity index (χ0) is 8.97. The highest BCUT2D eigenvalue weighted by Gasteiger charge is 2.19. The molecule has 70 valence electrons. The minimum Gasteiger partial charge on any atom is -0.461 e. The second-order valence-electron chi connectivity index (χ2n) is 3.04. The topological polar surface area (TPSA) is 61.6 Å². The van der Waals surface area contributed by atoms with Crippen LogP contribution < -0.4 is 5.73 Å². The summed E-state index contributed by atoms with van der Waals surface area (Å²) in [5, 5.41) is 0. The van der Waals surface area contributed by atoms with Crippen molar-refractivity contribution in [3.63, 3.8) is 0 Å². The standard InChI is InChI=1S/C8H15NO3/c1-6(9)8(10)12-7-2-4-11-5-3-7/h6-7H,2-5,9H2,1H3/t6-/m1/s1. The van der Waals surface area contributed by atoms with Gasteiger partial charge in [-0.05, 0) is 6.92 Å². The van der Waals surface area contributed by atoms with Crippen LogP contribution in [0.2, 0.25) is 0 Å². The molecule has 12 heavy (non-hydrogen) atoms. The Morgan fingerprint density at radius 2 is 2.17 bits per heavy atom. The van der Waals surface area contributed by atoms with Crippen molar-refractivity contribution >= 4 is 5.97 Å². The van der Waals surface area contributed by atoms with Crippen molar-refractivity contribution in [1.82, 2.24) is 0 Å². The van der Waals surface area contributed by atoms with Crippen LogP contribution in [-0.4, -0.2) is 31.3 Å². The summed E-state index contributed by atoms with van der Waals surface area (Å²) in [5.41, 5.74) is 5.35. The summed E-state index contributed by atoms with van der Waals surface area (Å²) in [7, 11) is 0. The number of hydrogen-bond acceptors (Lipinski definition) is 4. The Balaban J connectivity index is 2.24. The Kier molecular flexibility index (Phi) is 3.49. The van der Waals surface area contributed by atoms with E-state index >= 15 is 0 Å². The van der Waals surface area contributed by atoms with Crippen LogP contribution in [0.1, 0.15) is 19.8 Å².